The van der Waals surface area contributed by atoms with Crippen LogP contribution in [0.1, 0.15) is 17.5 Å². The first-order chi connectivity index (χ1) is 12.8. The second kappa shape index (κ2) is 9.95. The van der Waals surface area contributed by atoms with Crippen molar-refractivity contribution in [3.8, 4) is 11.5 Å². The minimum atomic E-state index is 0.512. The SMILES string of the molecule is COc1cccc(CCCN2CCOCC2)c1OCc1ccccc1Br. The molecule has 2 aromatic rings. The molecule has 26 heavy (non-hydrogen) atoms. The normalized spacial score (nSPS) is 15.0. The van der Waals surface area contributed by atoms with Gasteiger partial charge in [0.25, 0.3) is 0 Å². The van der Waals surface area contributed by atoms with Gasteiger partial charge >= 0.3 is 0 Å². The summed E-state index contributed by atoms with van der Waals surface area (Å²) in [6.07, 6.45) is 2.07. The zero-order valence-corrected chi connectivity index (χ0v) is 16.8. The summed E-state index contributed by atoms with van der Waals surface area (Å²) in [5.41, 5.74) is 2.32. The van der Waals surface area contributed by atoms with Gasteiger partial charge in [-0.25, -0.2) is 0 Å². The minimum absolute atomic E-state index is 0.512. The van der Waals surface area contributed by atoms with E-state index in [0.717, 1.165) is 67.2 Å². The predicted molar refractivity (Wildman–Crippen MR) is 107 cm³/mol. The van der Waals surface area contributed by atoms with Gasteiger partial charge in [0.2, 0.25) is 0 Å². The third-order valence-electron chi connectivity index (χ3n) is 4.63. The quantitative estimate of drug-likeness (QED) is 0.637. The maximum atomic E-state index is 6.18. The molecule has 0 saturated carbocycles. The average Bonchev–Trinajstić information content (AvgIpc) is 2.68. The van der Waals surface area contributed by atoms with Crippen molar-refractivity contribution in [2.24, 2.45) is 0 Å². The molecule has 1 aliphatic heterocycles. The van der Waals surface area contributed by atoms with Crippen molar-refractivity contribution >= 4 is 15.9 Å². The van der Waals surface area contributed by atoms with Gasteiger partial charge in [-0.1, -0.05) is 46.3 Å². The first-order valence-corrected chi connectivity index (χ1v) is 9.89. The molecule has 0 radical (unpaired) electrons. The predicted octanol–water partition coefficient (Wildman–Crippen LogP) is 4.30. The molecule has 1 aliphatic rings. The molecule has 0 amide bonds. The molecule has 0 bridgehead atoms. The molecular weight excluding hydrogens is 394 g/mol. The summed E-state index contributed by atoms with van der Waals surface area (Å²) < 4.78 is 18.2. The van der Waals surface area contributed by atoms with Crippen molar-refractivity contribution in [1.29, 1.82) is 0 Å². The van der Waals surface area contributed by atoms with Crippen LogP contribution in [0.4, 0.5) is 0 Å². The zero-order valence-electron chi connectivity index (χ0n) is 15.2. The molecule has 0 N–H and O–H groups in total. The number of methoxy groups -OCH3 is 1. The van der Waals surface area contributed by atoms with Crippen LogP contribution in [0.2, 0.25) is 0 Å². The molecular formula is C21H26BrNO3. The van der Waals surface area contributed by atoms with Gasteiger partial charge < -0.3 is 14.2 Å². The van der Waals surface area contributed by atoms with E-state index in [0.29, 0.717) is 6.61 Å². The van der Waals surface area contributed by atoms with E-state index in [1.165, 1.54) is 5.56 Å². The Morgan fingerprint density at radius 1 is 1.04 bits per heavy atom. The Morgan fingerprint density at radius 3 is 2.58 bits per heavy atom. The molecule has 0 spiro atoms. The first-order valence-electron chi connectivity index (χ1n) is 9.10. The van der Waals surface area contributed by atoms with Crippen LogP contribution in [0.25, 0.3) is 0 Å². The van der Waals surface area contributed by atoms with Crippen molar-refractivity contribution in [2.75, 3.05) is 40.0 Å². The number of rotatable bonds is 8. The molecule has 1 saturated heterocycles. The lowest BCUT2D eigenvalue weighted by molar-refractivity contribution is 0.0374. The van der Waals surface area contributed by atoms with Crippen LogP contribution >= 0.6 is 15.9 Å². The van der Waals surface area contributed by atoms with E-state index in [1.54, 1.807) is 7.11 Å². The summed E-state index contributed by atoms with van der Waals surface area (Å²) in [7, 11) is 1.69. The number of hydrogen-bond acceptors (Lipinski definition) is 4. The molecule has 2 aromatic carbocycles. The minimum Gasteiger partial charge on any atom is -0.493 e. The Hall–Kier alpha value is -1.56. The van der Waals surface area contributed by atoms with Gasteiger partial charge in [-0.05, 0) is 37.1 Å². The fraction of sp³-hybridized carbons (Fsp3) is 0.429. The van der Waals surface area contributed by atoms with E-state index >= 15 is 0 Å². The summed E-state index contributed by atoms with van der Waals surface area (Å²) in [6.45, 7) is 5.36. The van der Waals surface area contributed by atoms with E-state index in [-0.39, 0.29) is 0 Å². The summed E-state index contributed by atoms with van der Waals surface area (Å²) in [4.78, 5) is 2.46. The molecule has 0 atom stereocenters. The van der Waals surface area contributed by atoms with Crippen molar-refractivity contribution in [3.05, 3.63) is 58.1 Å². The lowest BCUT2D eigenvalue weighted by atomic mass is 10.1. The Morgan fingerprint density at radius 2 is 1.81 bits per heavy atom. The molecule has 4 nitrogen and oxygen atoms in total. The van der Waals surface area contributed by atoms with Crippen molar-refractivity contribution < 1.29 is 14.2 Å². The van der Waals surface area contributed by atoms with Crippen LogP contribution < -0.4 is 9.47 Å². The van der Waals surface area contributed by atoms with Crippen molar-refractivity contribution in [1.82, 2.24) is 4.90 Å². The van der Waals surface area contributed by atoms with E-state index in [4.69, 9.17) is 14.2 Å². The number of aryl methyl sites for hydroxylation is 1. The van der Waals surface area contributed by atoms with Crippen molar-refractivity contribution in [3.63, 3.8) is 0 Å². The number of morpholine rings is 1. The summed E-state index contributed by atoms with van der Waals surface area (Å²) in [5.74, 6) is 1.65. The third kappa shape index (κ3) is 5.22. The summed E-state index contributed by atoms with van der Waals surface area (Å²) in [5, 5.41) is 0. The zero-order chi connectivity index (χ0) is 18.2. The van der Waals surface area contributed by atoms with Crippen LogP contribution in [0.3, 0.4) is 0 Å². The standard InChI is InChI=1S/C21H26BrNO3/c1-24-20-10-4-7-17(8-5-11-23-12-14-25-15-13-23)21(20)26-16-18-6-2-3-9-19(18)22/h2-4,6-7,9-10H,5,8,11-16H2,1H3. The van der Waals surface area contributed by atoms with E-state index < -0.39 is 0 Å². The topological polar surface area (TPSA) is 30.9 Å². The van der Waals surface area contributed by atoms with Crippen LogP contribution in [0.15, 0.2) is 46.9 Å². The lowest BCUT2D eigenvalue weighted by Crippen LogP contribution is -2.36. The Balaban J connectivity index is 1.64. The number of hydrogen-bond donors (Lipinski definition) is 0. The molecule has 1 fully saturated rings. The van der Waals surface area contributed by atoms with E-state index in [1.807, 2.05) is 30.3 Å². The van der Waals surface area contributed by atoms with Gasteiger partial charge in [0.05, 0.1) is 20.3 Å². The van der Waals surface area contributed by atoms with Crippen LogP contribution in [-0.2, 0) is 17.8 Å². The highest BCUT2D eigenvalue weighted by molar-refractivity contribution is 9.10. The second-order valence-electron chi connectivity index (χ2n) is 6.39. The van der Waals surface area contributed by atoms with Gasteiger partial charge in [-0.15, -0.1) is 0 Å². The number of para-hydroxylation sites is 1. The molecule has 0 aliphatic carbocycles. The van der Waals surface area contributed by atoms with Gasteiger partial charge in [-0.2, -0.15) is 0 Å². The monoisotopic (exact) mass is 419 g/mol. The molecule has 1 heterocycles. The number of halogens is 1. The molecule has 140 valence electrons. The number of benzene rings is 2. The highest BCUT2D eigenvalue weighted by Gasteiger charge is 2.14. The van der Waals surface area contributed by atoms with E-state index in [9.17, 15) is 0 Å². The average molecular weight is 420 g/mol. The lowest BCUT2D eigenvalue weighted by Gasteiger charge is -2.26. The largest absolute Gasteiger partial charge is 0.493 e. The fourth-order valence-corrected chi connectivity index (χ4v) is 3.57. The van der Waals surface area contributed by atoms with Crippen LogP contribution in [0, 0.1) is 0 Å². The van der Waals surface area contributed by atoms with Gasteiger partial charge in [-0.3, -0.25) is 4.90 Å². The molecule has 0 aromatic heterocycles. The number of nitrogens with zero attached hydrogens (tertiary/aromatic N) is 1. The van der Waals surface area contributed by atoms with Gasteiger partial charge in [0.1, 0.15) is 6.61 Å². The summed E-state index contributed by atoms with van der Waals surface area (Å²) >= 11 is 3.58. The van der Waals surface area contributed by atoms with Crippen LogP contribution in [-0.4, -0.2) is 44.9 Å². The third-order valence-corrected chi connectivity index (χ3v) is 5.41. The Bertz CT molecular complexity index is 701. The maximum Gasteiger partial charge on any atom is 0.164 e. The van der Waals surface area contributed by atoms with E-state index in [2.05, 4.69) is 33.0 Å². The molecule has 0 unspecified atom stereocenters. The first kappa shape index (κ1) is 19.2. The fourth-order valence-electron chi connectivity index (χ4n) is 3.17. The highest BCUT2D eigenvalue weighted by atomic mass is 79.9. The molecule has 5 heteroatoms. The maximum absolute atomic E-state index is 6.18. The van der Waals surface area contributed by atoms with Crippen molar-refractivity contribution in [2.45, 2.75) is 19.4 Å². The Kier molecular flexibility index (Phi) is 7.35. The molecule has 3 rings (SSSR count). The highest BCUT2D eigenvalue weighted by Crippen LogP contribution is 2.33. The van der Waals surface area contributed by atoms with Crippen LogP contribution in [0.5, 0.6) is 11.5 Å². The van der Waals surface area contributed by atoms with Gasteiger partial charge in [0, 0.05) is 23.1 Å². The van der Waals surface area contributed by atoms with Gasteiger partial charge in [0.15, 0.2) is 11.5 Å². The summed E-state index contributed by atoms with van der Waals surface area (Å²) in [6, 6.07) is 14.3. The Labute approximate surface area is 164 Å². The second-order valence-corrected chi connectivity index (χ2v) is 7.24. The smallest absolute Gasteiger partial charge is 0.164 e. The number of ether oxygens (including phenoxy) is 3.